The molecule has 22 heavy (non-hydrogen) atoms. The number of aryl methyl sites for hydroxylation is 1. The smallest absolute Gasteiger partial charge is 0.434 e. The molecule has 0 unspecified atom stereocenters. The standard InChI is InChI=1S/C13H9F4N3O2/c1-6-4-7(14)2-3-8(6)19-11-10(12(21)22)18-5-9(20-11)13(15,16)17/h2-5H,1H3,(H,19,20)(H,21,22). The molecule has 1 heterocycles. The first-order valence-electron chi connectivity index (χ1n) is 5.89. The summed E-state index contributed by atoms with van der Waals surface area (Å²) in [6, 6.07) is 3.48. The summed E-state index contributed by atoms with van der Waals surface area (Å²) in [7, 11) is 0. The normalized spacial score (nSPS) is 11.3. The number of aromatic nitrogens is 2. The molecule has 1 aromatic carbocycles. The number of hydrogen-bond acceptors (Lipinski definition) is 4. The average molecular weight is 315 g/mol. The lowest BCUT2D eigenvalue weighted by Crippen LogP contribution is -2.15. The second-order valence-electron chi connectivity index (χ2n) is 4.34. The Morgan fingerprint density at radius 2 is 2.00 bits per heavy atom. The fourth-order valence-electron chi connectivity index (χ4n) is 1.66. The van der Waals surface area contributed by atoms with Crippen molar-refractivity contribution < 1.29 is 27.5 Å². The molecule has 2 N–H and O–H groups in total. The van der Waals surface area contributed by atoms with Gasteiger partial charge >= 0.3 is 12.1 Å². The third-order valence-corrected chi connectivity index (χ3v) is 2.71. The van der Waals surface area contributed by atoms with E-state index < -0.39 is 35.2 Å². The van der Waals surface area contributed by atoms with Gasteiger partial charge in [0.2, 0.25) is 0 Å². The van der Waals surface area contributed by atoms with Crippen molar-refractivity contribution in [3.8, 4) is 0 Å². The first kappa shape index (κ1) is 15.7. The summed E-state index contributed by atoms with van der Waals surface area (Å²) in [5.41, 5.74) is -1.41. The van der Waals surface area contributed by atoms with Gasteiger partial charge in [0.15, 0.2) is 17.2 Å². The van der Waals surface area contributed by atoms with Crippen LogP contribution in [0.1, 0.15) is 21.7 Å². The lowest BCUT2D eigenvalue weighted by atomic mass is 10.2. The minimum Gasteiger partial charge on any atom is -0.476 e. The van der Waals surface area contributed by atoms with E-state index >= 15 is 0 Å². The van der Waals surface area contributed by atoms with Crippen LogP contribution in [0.15, 0.2) is 24.4 Å². The zero-order chi connectivity index (χ0) is 16.5. The fourth-order valence-corrected chi connectivity index (χ4v) is 1.66. The summed E-state index contributed by atoms with van der Waals surface area (Å²) < 4.78 is 50.9. The van der Waals surface area contributed by atoms with Crippen molar-refractivity contribution in [2.45, 2.75) is 13.1 Å². The van der Waals surface area contributed by atoms with Gasteiger partial charge in [-0.3, -0.25) is 0 Å². The van der Waals surface area contributed by atoms with Crippen molar-refractivity contribution in [3.63, 3.8) is 0 Å². The number of halogens is 4. The number of carboxylic acids is 1. The Bertz CT molecular complexity index is 732. The number of benzene rings is 1. The summed E-state index contributed by atoms with van der Waals surface area (Å²) in [5.74, 6) is -2.64. The minimum absolute atomic E-state index is 0.220. The SMILES string of the molecule is Cc1cc(F)ccc1Nc1nc(C(F)(F)F)cnc1C(=O)O. The van der Waals surface area contributed by atoms with Crippen LogP contribution in [0.5, 0.6) is 0 Å². The number of alkyl halides is 3. The van der Waals surface area contributed by atoms with Crippen LogP contribution in [0.3, 0.4) is 0 Å². The number of aromatic carboxylic acids is 1. The quantitative estimate of drug-likeness (QED) is 0.849. The zero-order valence-electron chi connectivity index (χ0n) is 11.1. The van der Waals surface area contributed by atoms with Gasteiger partial charge in [-0.05, 0) is 30.7 Å². The maximum Gasteiger partial charge on any atom is 0.434 e. The average Bonchev–Trinajstić information content (AvgIpc) is 2.40. The molecule has 0 saturated carbocycles. The molecule has 0 fully saturated rings. The highest BCUT2D eigenvalue weighted by Gasteiger charge is 2.34. The predicted molar refractivity (Wildman–Crippen MR) is 68.4 cm³/mol. The topological polar surface area (TPSA) is 75.1 Å². The lowest BCUT2D eigenvalue weighted by molar-refractivity contribution is -0.141. The number of nitrogens with one attached hydrogen (secondary N) is 1. The van der Waals surface area contributed by atoms with Gasteiger partial charge in [0.25, 0.3) is 0 Å². The Morgan fingerprint density at radius 1 is 1.32 bits per heavy atom. The molecule has 0 aliphatic rings. The van der Waals surface area contributed by atoms with Crippen LogP contribution >= 0.6 is 0 Å². The van der Waals surface area contributed by atoms with Crippen LogP contribution < -0.4 is 5.32 Å². The molecule has 0 spiro atoms. The van der Waals surface area contributed by atoms with Crippen molar-refractivity contribution in [1.29, 1.82) is 0 Å². The van der Waals surface area contributed by atoms with E-state index in [2.05, 4.69) is 15.3 Å². The van der Waals surface area contributed by atoms with Crippen LogP contribution in [-0.2, 0) is 6.18 Å². The van der Waals surface area contributed by atoms with Gasteiger partial charge in [-0.15, -0.1) is 0 Å². The number of carbonyl (C=O) groups is 1. The highest BCUT2D eigenvalue weighted by molar-refractivity contribution is 5.91. The van der Waals surface area contributed by atoms with E-state index in [9.17, 15) is 22.4 Å². The number of anilines is 2. The Kier molecular flexibility index (Phi) is 3.98. The fraction of sp³-hybridized carbons (Fsp3) is 0.154. The molecule has 0 aliphatic carbocycles. The lowest BCUT2D eigenvalue weighted by Gasteiger charge is -2.13. The Hall–Kier alpha value is -2.71. The minimum atomic E-state index is -4.77. The highest BCUT2D eigenvalue weighted by atomic mass is 19.4. The van der Waals surface area contributed by atoms with Crippen LogP contribution in [-0.4, -0.2) is 21.0 Å². The van der Waals surface area contributed by atoms with Crippen molar-refractivity contribution in [2.75, 3.05) is 5.32 Å². The molecular formula is C13H9F4N3O2. The second kappa shape index (κ2) is 5.58. The first-order valence-corrected chi connectivity index (χ1v) is 5.89. The van der Waals surface area contributed by atoms with Gasteiger partial charge < -0.3 is 10.4 Å². The van der Waals surface area contributed by atoms with E-state index in [4.69, 9.17) is 5.11 Å². The van der Waals surface area contributed by atoms with Gasteiger partial charge in [-0.2, -0.15) is 13.2 Å². The van der Waals surface area contributed by atoms with Gasteiger partial charge in [-0.25, -0.2) is 19.2 Å². The van der Waals surface area contributed by atoms with Crippen molar-refractivity contribution >= 4 is 17.5 Å². The molecule has 2 aromatic rings. The molecule has 0 bridgehead atoms. The van der Waals surface area contributed by atoms with Crippen molar-refractivity contribution in [2.24, 2.45) is 0 Å². The molecule has 0 amide bonds. The molecule has 0 atom stereocenters. The maximum absolute atomic E-state index is 13.0. The van der Waals surface area contributed by atoms with Gasteiger partial charge in [-0.1, -0.05) is 0 Å². The maximum atomic E-state index is 13.0. The number of rotatable bonds is 3. The van der Waals surface area contributed by atoms with Gasteiger partial charge in [0, 0.05) is 5.69 Å². The molecular weight excluding hydrogens is 306 g/mol. The number of nitrogens with zero attached hydrogens (tertiary/aromatic N) is 2. The Balaban J connectivity index is 2.49. The summed E-state index contributed by atoms with van der Waals surface area (Å²) in [6.07, 6.45) is -4.43. The van der Waals surface area contributed by atoms with E-state index in [-0.39, 0.29) is 5.69 Å². The first-order chi connectivity index (χ1) is 10.2. The zero-order valence-corrected chi connectivity index (χ0v) is 11.1. The largest absolute Gasteiger partial charge is 0.476 e. The molecule has 0 radical (unpaired) electrons. The van der Waals surface area contributed by atoms with Crippen LogP contribution in [0.2, 0.25) is 0 Å². The van der Waals surface area contributed by atoms with E-state index in [0.717, 1.165) is 12.1 Å². The van der Waals surface area contributed by atoms with E-state index in [0.29, 0.717) is 11.8 Å². The highest BCUT2D eigenvalue weighted by Crippen LogP contribution is 2.30. The molecule has 0 saturated heterocycles. The Morgan fingerprint density at radius 3 is 2.55 bits per heavy atom. The monoisotopic (exact) mass is 315 g/mol. The van der Waals surface area contributed by atoms with Crippen molar-refractivity contribution in [3.05, 3.63) is 47.2 Å². The molecule has 9 heteroatoms. The Labute approximate surface area is 121 Å². The number of carboxylic acid groups (broad SMARTS) is 1. The summed E-state index contributed by atoms with van der Waals surface area (Å²) in [4.78, 5) is 17.5. The molecule has 116 valence electrons. The predicted octanol–water partition coefficient (Wildman–Crippen LogP) is 3.38. The summed E-state index contributed by atoms with van der Waals surface area (Å²) >= 11 is 0. The third kappa shape index (κ3) is 3.30. The summed E-state index contributed by atoms with van der Waals surface area (Å²) in [5, 5.41) is 11.4. The molecule has 2 rings (SSSR count). The van der Waals surface area contributed by atoms with Gasteiger partial charge in [0.05, 0.1) is 6.20 Å². The second-order valence-corrected chi connectivity index (χ2v) is 4.34. The number of hydrogen-bond donors (Lipinski definition) is 2. The molecule has 5 nitrogen and oxygen atoms in total. The molecule has 1 aromatic heterocycles. The van der Waals surface area contributed by atoms with Gasteiger partial charge in [0.1, 0.15) is 5.82 Å². The van der Waals surface area contributed by atoms with Crippen LogP contribution in [0.4, 0.5) is 29.1 Å². The van der Waals surface area contributed by atoms with Crippen LogP contribution in [0, 0.1) is 12.7 Å². The summed E-state index contributed by atoms with van der Waals surface area (Å²) in [6.45, 7) is 1.51. The van der Waals surface area contributed by atoms with Crippen molar-refractivity contribution in [1.82, 2.24) is 9.97 Å². The van der Waals surface area contributed by atoms with E-state index in [1.54, 1.807) is 0 Å². The van der Waals surface area contributed by atoms with E-state index in [1.807, 2.05) is 0 Å². The van der Waals surface area contributed by atoms with Crippen LogP contribution in [0.25, 0.3) is 0 Å². The van der Waals surface area contributed by atoms with E-state index in [1.165, 1.54) is 13.0 Å². The molecule has 0 aliphatic heterocycles. The third-order valence-electron chi connectivity index (χ3n) is 2.71.